The topological polar surface area (TPSA) is 89.5 Å². The van der Waals surface area contributed by atoms with Gasteiger partial charge in [0, 0.05) is 18.5 Å². The van der Waals surface area contributed by atoms with Crippen molar-refractivity contribution < 1.29 is 22.7 Å². The van der Waals surface area contributed by atoms with Gasteiger partial charge < -0.3 is 10.1 Å². The first-order valence-electron chi connectivity index (χ1n) is 9.24. The van der Waals surface area contributed by atoms with Crippen LogP contribution in [0.4, 0.5) is 0 Å². The van der Waals surface area contributed by atoms with Crippen molar-refractivity contribution in [1.29, 1.82) is 0 Å². The van der Waals surface area contributed by atoms with Crippen molar-refractivity contribution in [3.63, 3.8) is 0 Å². The predicted molar refractivity (Wildman–Crippen MR) is 106 cm³/mol. The van der Waals surface area contributed by atoms with Crippen molar-refractivity contribution in [3.8, 4) is 5.75 Å². The number of hydrogen-bond acceptors (Lipinski definition) is 5. The summed E-state index contributed by atoms with van der Waals surface area (Å²) < 4.78 is 28.1. The first kappa shape index (κ1) is 20.1. The Morgan fingerprint density at radius 3 is 2.39 bits per heavy atom. The van der Waals surface area contributed by atoms with E-state index in [0.29, 0.717) is 24.3 Å². The van der Waals surface area contributed by atoms with Gasteiger partial charge in [-0.2, -0.15) is 0 Å². The fourth-order valence-corrected chi connectivity index (χ4v) is 5.05. The fraction of sp³-hybridized carbons (Fsp3) is 0.333. The van der Waals surface area contributed by atoms with Crippen LogP contribution in [0.1, 0.15) is 28.8 Å². The van der Waals surface area contributed by atoms with Gasteiger partial charge in [-0.1, -0.05) is 30.3 Å². The number of benzene rings is 2. The van der Waals surface area contributed by atoms with E-state index in [-0.39, 0.29) is 29.8 Å². The average molecular weight is 401 g/mol. The molecule has 0 unspecified atom stereocenters. The van der Waals surface area contributed by atoms with Crippen LogP contribution in [-0.4, -0.2) is 38.3 Å². The molecule has 1 N–H and O–H groups in total. The minimum atomic E-state index is -3.01. The molecule has 2 aromatic carbocycles. The van der Waals surface area contributed by atoms with E-state index >= 15 is 0 Å². The van der Waals surface area contributed by atoms with Crippen LogP contribution in [0.15, 0.2) is 54.6 Å². The van der Waals surface area contributed by atoms with Gasteiger partial charge >= 0.3 is 5.97 Å². The molecule has 6 nitrogen and oxygen atoms in total. The quantitative estimate of drug-likeness (QED) is 0.568. The minimum Gasteiger partial charge on any atom is -0.427 e. The van der Waals surface area contributed by atoms with Crippen molar-refractivity contribution in [1.82, 2.24) is 5.32 Å². The van der Waals surface area contributed by atoms with Crippen LogP contribution in [0, 0.1) is 5.92 Å². The molecule has 148 valence electrons. The zero-order valence-corrected chi connectivity index (χ0v) is 16.3. The molecule has 0 spiro atoms. The molecule has 1 amide bonds. The monoisotopic (exact) mass is 401 g/mol. The molecule has 0 bridgehead atoms. The molecule has 0 radical (unpaired) electrons. The number of amides is 1. The lowest BCUT2D eigenvalue weighted by Crippen LogP contribution is -2.25. The van der Waals surface area contributed by atoms with Gasteiger partial charge in [-0.05, 0) is 48.6 Å². The molecular formula is C21H23NO5S. The molecule has 2 aromatic rings. The van der Waals surface area contributed by atoms with Crippen LogP contribution < -0.4 is 10.1 Å². The largest absolute Gasteiger partial charge is 0.427 e. The number of sulfone groups is 1. The Morgan fingerprint density at radius 2 is 1.75 bits per heavy atom. The predicted octanol–water partition coefficient (Wildman–Crippen LogP) is 2.39. The summed E-state index contributed by atoms with van der Waals surface area (Å²) in [6, 6.07) is 16.2. The van der Waals surface area contributed by atoms with Gasteiger partial charge in [0.2, 0.25) is 0 Å². The second-order valence-electron chi connectivity index (χ2n) is 6.96. The Morgan fingerprint density at radius 1 is 1.04 bits per heavy atom. The van der Waals surface area contributed by atoms with Crippen LogP contribution in [0.25, 0.3) is 0 Å². The molecule has 1 atom stereocenters. The van der Waals surface area contributed by atoms with E-state index in [1.807, 2.05) is 30.3 Å². The summed E-state index contributed by atoms with van der Waals surface area (Å²) >= 11 is 0. The van der Waals surface area contributed by atoms with Gasteiger partial charge in [0.05, 0.1) is 11.5 Å². The highest BCUT2D eigenvalue weighted by atomic mass is 32.2. The highest BCUT2D eigenvalue weighted by molar-refractivity contribution is 7.91. The second-order valence-corrected chi connectivity index (χ2v) is 9.19. The van der Waals surface area contributed by atoms with Crippen molar-refractivity contribution >= 4 is 21.7 Å². The normalized spacial score (nSPS) is 17.8. The highest BCUT2D eigenvalue weighted by Crippen LogP contribution is 2.22. The Balaban J connectivity index is 1.45. The van der Waals surface area contributed by atoms with E-state index in [9.17, 15) is 18.0 Å². The highest BCUT2D eigenvalue weighted by Gasteiger charge is 2.30. The summed E-state index contributed by atoms with van der Waals surface area (Å²) in [5, 5.41) is 2.86. The Labute approximate surface area is 164 Å². The Bertz CT molecular complexity index is 923. The van der Waals surface area contributed by atoms with Crippen molar-refractivity contribution in [2.24, 2.45) is 5.92 Å². The summed E-state index contributed by atoms with van der Waals surface area (Å²) in [5.41, 5.74) is 1.63. The second kappa shape index (κ2) is 9.01. The summed E-state index contributed by atoms with van der Waals surface area (Å²) in [4.78, 5) is 24.2. The van der Waals surface area contributed by atoms with Gasteiger partial charge in [-0.3, -0.25) is 9.59 Å². The van der Waals surface area contributed by atoms with E-state index in [1.165, 1.54) is 0 Å². The van der Waals surface area contributed by atoms with Crippen molar-refractivity contribution in [2.75, 3.05) is 18.1 Å². The number of rotatable bonds is 7. The smallest absolute Gasteiger partial charge is 0.311 e. The number of nitrogens with one attached hydrogen (secondary N) is 1. The first-order chi connectivity index (χ1) is 13.4. The molecule has 0 saturated carbocycles. The zero-order chi connectivity index (χ0) is 20.0. The van der Waals surface area contributed by atoms with Gasteiger partial charge in [0.25, 0.3) is 5.91 Å². The number of hydrogen-bond donors (Lipinski definition) is 1. The van der Waals surface area contributed by atoms with E-state index < -0.39 is 15.8 Å². The van der Waals surface area contributed by atoms with Crippen LogP contribution in [-0.2, 0) is 21.1 Å². The van der Waals surface area contributed by atoms with Gasteiger partial charge in [-0.25, -0.2) is 8.42 Å². The number of esters is 1. The standard InChI is InChI=1S/C21H23NO5S/c23-20(14-17-11-13-28(25,26)15-17)27-19-8-6-18(7-9-19)21(24)22-12-10-16-4-2-1-3-5-16/h1-9,17H,10-15H2,(H,22,24)/t17-/m0/s1. The summed E-state index contributed by atoms with van der Waals surface area (Å²) in [7, 11) is -3.01. The molecule has 1 fully saturated rings. The molecule has 1 aliphatic rings. The van der Waals surface area contributed by atoms with Crippen LogP contribution in [0.3, 0.4) is 0 Å². The fourth-order valence-electron chi connectivity index (χ4n) is 3.18. The van der Waals surface area contributed by atoms with E-state index in [2.05, 4.69) is 5.32 Å². The third-order valence-electron chi connectivity index (χ3n) is 4.67. The molecular weight excluding hydrogens is 378 g/mol. The Kier molecular flexibility index (Phi) is 6.46. The summed E-state index contributed by atoms with van der Waals surface area (Å²) in [6.07, 6.45) is 1.33. The summed E-state index contributed by atoms with van der Waals surface area (Å²) in [5.74, 6) is -0.297. The molecule has 0 aromatic heterocycles. The average Bonchev–Trinajstić information content (AvgIpc) is 3.01. The lowest BCUT2D eigenvalue weighted by molar-refractivity contribution is -0.135. The lowest BCUT2D eigenvalue weighted by atomic mass is 10.1. The molecule has 1 heterocycles. The summed E-state index contributed by atoms with van der Waals surface area (Å²) in [6.45, 7) is 0.532. The van der Waals surface area contributed by atoms with Crippen molar-refractivity contribution in [3.05, 3.63) is 65.7 Å². The molecule has 1 saturated heterocycles. The van der Waals surface area contributed by atoms with E-state index in [0.717, 1.165) is 12.0 Å². The van der Waals surface area contributed by atoms with Crippen LogP contribution >= 0.6 is 0 Å². The number of carbonyl (C=O) groups is 2. The van der Waals surface area contributed by atoms with Gasteiger partial charge in [0.15, 0.2) is 9.84 Å². The van der Waals surface area contributed by atoms with Crippen LogP contribution in [0.5, 0.6) is 5.75 Å². The molecule has 0 aliphatic carbocycles. The van der Waals surface area contributed by atoms with E-state index in [4.69, 9.17) is 4.74 Å². The van der Waals surface area contributed by atoms with Gasteiger partial charge in [-0.15, -0.1) is 0 Å². The zero-order valence-electron chi connectivity index (χ0n) is 15.5. The number of carbonyl (C=O) groups excluding carboxylic acids is 2. The first-order valence-corrected chi connectivity index (χ1v) is 11.1. The third kappa shape index (κ3) is 5.92. The number of ether oxygens (including phenoxy) is 1. The Hall–Kier alpha value is -2.67. The molecule has 3 rings (SSSR count). The maximum Gasteiger partial charge on any atom is 0.311 e. The lowest BCUT2D eigenvalue weighted by Gasteiger charge is -2.09. The minimum absolute atomic E-state index is 0.0458. The molecule has 28 heavy (non-hydrogen) atoms. The SMILES string of the molecule is O=C(C[C@@H]1CCS(=O)(=O)C1)Oc1ccc(C(=O)NCCc2ccccc2)cc1. The molecule has 7 heteroatoms. The van der Waals surface area contributed by atoms with E-state index in [1.54, 1.807) is 24.3 Å². The maximum atomic E-state index is 12.2. The van der Waals surface area contributed by atoms with Crippen LogP contribution in [0.2, 0.25) is 0 Å². The van der Waals surface area contributed by atoms with Gasteiger partial charge in [0.1, 0.15) is 5.75 Å². The van der Waals surface area contributed by atoms with Crippen molar-refractivity contribution in [2.45, 2.75) is 19.3 Å². The maximum absolute atomic E-state index is 12.2. The third-order valence-corrected chi connectivity index (χ3v) is 6.51. The molecule has 1 aliphatic heterocycles.